The Morgan fingerprint density at radius 3 is 2.62 bits per heavy atom. The number of hydrogen-bond acceptors (Lipinski definition) is 5. The summed E-state index contributed by atoms with van der Waals surface area (Å²) in [5.74, 6) is -1.16. The average Bonchev–Trinajstić information content (AvgIpc) is 3.10. The van der Waals surface area contributed by atoms with Gasteiger partial charge in [0, 0.05) is 29.4 Å². The van der Waals surface area contributed by atoms with Crippen molar-refractivity contribution in [3.63, 3.8) is 0 Å². The van der Waals surface area contributed by atoms with Crippen LogP contribution < -0.4 is 15.0 Å². The molecule has 1 atom stereocenters. The van der Waals surface area contributed by atoms with Crippen LogP contribution in [0.2, 0.25) is 5.02 Å². The van der Waals surface area contributed by atoms with Gasteiger partial charge in [-0.1, -0.05) is 17.7 Å². The minimum atomic E-state index is -0.620. The Morgan fingerprint density at radius 1 is 1.21 bits per heavy atom. The normalized spacial score (nSPS) is 15.9. The second-order valence-corrected chi connectivity index (χ2v) is 7.15. The second-order valence-electron chi connectivity index (χ2n) is 6.72. The van der Waals surface area contributed by atoms with Crippen LogP contribution in [0.15, 0.2) is 42.5 Å². The summed E-state index contributed by atoms with van der Waals surface area (Å²) < 4.78 is 10.2. The first kappa shape index (κ1) is 20.7. The van der Waals surface area contributed by atoms with Gasteiger partial charge in [-0.3, -0.25) is 14.4 Å². The number of amides is 2. The number of methoxy groups -OCH3 is 1. The van der Waals surface area contributed by atoms with E-state index in [4.69, 9.17) is 21.1 Å². The van der Waals surface area contributed by atoms with Crippen LogP contribution in [0.1, 0.15) is 12.0 Å². The topological polar surface area (TPSA) is 84.9 Å². The van der Waals surface area contributed by atoms with Gasteiger partial charge >= 0.3 is 5.97 Å². The Labute approximate surface area is 173 Å². The highest BCUT2D eigenvalue weighted by Crippen LogP contribution is 2.27. The Kier molecular flexibility index (Phi) is 6.39. The Morgan fingerprint density at radius 2 is 1.93 bits per heavy atom. The minimum Gasteiger partial charge on any atom is -0.497 e. The van der Waals surface area contributed by atoms with Gasteiger partial charge in [-0.05, 0) is 48.9 Å². The van der Waals surface area contributed by atoms with Crippen molar-refractivity contribution in [3.8, 4) is 5.75 Å². The molecule has 2 aromatic rings. The van der Waals surface area contributed by atoms with Crippen LogP contribution >= 0.6 is 11.6 Å². The van der Waals surface area contributed by atoms with Crippen molar-refractivity contribution >= 4 is 40.8 Å². The van der Waals surface area contributed by atoms with Crippen molar-refractivity contribution in [1.29, 1.82) is 0 Å². The molecule has 0 bridgehead atoms. The lowest BCUT2D eigenvalue weighted by Gasteiger charge is -2.17. The van der Waals surface area contributed by atoms with Crippen molar-refractivity contribution in [3.05, 3.63) is 53.1 Å². The highest BCUT2D eigenvalue weighted by atomic mass is 35.5. The average molecular weight is 417 g/mol. The van der Waals surface area contributed by atoms with Crippen molar-refractivity contribution in [2.45, 2.75) is 13.3 Å². The zero-order valence-corrected chi connectivity index (χ0v) is 16.9. The molecule has 29 heavy (non-hydrogen) atoms. The molecular formula is C21H21ClN2O5. The summed E-state index contributed by atoms with van der Waals surface area (Å²) >= 11 is 5.93. The van der Waals surface area contributed by atoms with E-state index in [0.29, 0.717) is 22.1 Å². The van der Waals surface area contributed by atoms with Crippen LogP contribution in [0.3, 0.4) is 0 Å². The number of carbonyl (C=O) groups excluding carboxylic acids is 3. The summed E-state index contributed by atoms with van der Waals surface area (Å²) in [6.45, 7) is 1.60. The lowest BCUT2D eigenvalue weighted by atomic mass is 10.1. The fourth-order valence-electron chi connectivity index (χ4n) is 3.05. The highest BCUT2D eigenvalue weighted by Gasteiger charge is 2.36. The van der Waals surface area contributed by atoms with Gasteiger partial charge in [0.1, 0.15) is 5.75 Å². The quantitative estimate of drug-likeness (QED) is 0.731. The number of anilines is 2. The largest absolute Gasteiger partial charge is 0.497 e. The van der Waals surface area contributed by atoms with Crippen LogP contribution in [-0.4, -0.2) is 38.0 Å². The number of carbonyl (C=O) groups is 3. The molecule has 1 heterocycles. The van der Waals surface area contributed by atoms with E-state index < -0.39 is 24.4 Å². The summed E-state index contributed by atoms with van der Waals surface area (Å²) in [7, 11) is 1.56. The summed E-state index contributed by atoms with van der Waals surface area (Å²) in [4.78, 5) is 38.2. The molecule has 8 heteroatoms. The highest BCUT2D eigenvalue weighted by molar-refractivity contribution is 6.31. The van der Waals surface area contributed by atoms with E-state index in [1.165, 1.54) is 4.90 Å². The second kappa shape index (κ2) is 8.96. The molecule has 1 aliphatic rings. The predicted molar refractivity (Wildman–Crippen MR) is 109 cm³/mol. The number of nitrogens with zero attached hydrogens (tertiary/aromatic N) is 1. The third-order valence-corrected chi connectivity index (χ3v) is 4.90. The molecule has 0 saturated carbocycles. The summed E-state index contributed by atoms with van der Waals surface area (Å²) in [6, 6.07) is 12.1. The first-order valence-electron chi connectivity index (χ1n) is 9.04. The molecule has 7 nitrogen and oxygen atoms in total. The van der Waals surface area contributed by atoms with Crippen molar-refractivity contribution in [2.75, 3.05) is 30.5 Å². The van der Waals surface area contributed by atoms with Gasteiger partial charge in [-0.15, -0.1) is 0 Å². The molecule has 0 radical (unpaired) electrons. The van der Waals surface area contributed by atoms with Crippen molar-refractivity contribution in [2.24, 2.45) is 5.92 Å². The number of hydrogen-bond donors (Lipinski definition) is 1. The molecular weight excluding hydrogens is 396 g/mol. The molecule has 2 amide bonds. The van der Waals surface area contributed by atoms with E-state index in [1.54, 1.807) is 49.6 Å². The van der Waals surface area contributed by atoms with Gasteiger partial charge in [-0.25, -0.2) is 0 Å². The van der Waals surface area contributed by atoms with Gasteiger partial charge < -0.3 is 19.7 Å². The standard InChI is InChI=1S/C21H21ClN2O5/c1-13-3-4-15(22)10-18(13)23-19(25)12-29-21(27)14-9-20(26)24(11-14)16-5-7-17(28-2)8-6-16/h3-8,10,14H,9,11-12H2,1-2H3,(H,23,25). The molecule has 1 unspecified atom stereocenters. The lowest BCUT2D eigenvalue weighted by molar-refractivity contribution is -0.151. The van der Waals surface area contributed by atoms with Crippen LogP contribution in [0.5, 0.6) is 5.75 Å². The van der Waals surface area contributed by atoms with Crippen molar-refractivity contribution < 1.29 is 23.9 Å². The Bertz CT molecular complexity index is 929. The van der Waals surface area contributed by atoms with Gasteiger partial charge in [0.2, 0.25) is 5.91 Å². The minimum absolute atomic E-state index is 0.0416. The molecule has 2 aromatic carbocycles. The van der Waals surface area contributed by atoms with Crippen molar-refractivity contribution in [1.82, 2.24) is 0 Å². The molecule has 3 rings (SSSR count). The van der Waals surface area contributed by atoms with Crippen LogP contribution in [0, 0.1) is 12.8 Å². The van der Waals surface area contributed by atoms with E-state index in [9.17, 15) is 14.4 Å². The monoisotopic (exact) mass is 416 g/mol. The number of aryl methyl sites for hydroxylation is 1. The fraction of sp³-hybridized carbons (Fsp3) is 0.286. The number of nitrogens with one attached hydrogen (secondary N) is 1. The maximum Gasteiger partial charge on any atom is 0.311 e. The maximum absolute atomic E-state index is 12.3. The summed E-state index contributed by atoms with van der Waals surface area (Å²) in [5, 5.41) is 3.15. The molecule has 1 saturated heterocycles. The number of esters is 1. The maximum atomic E-state index is 12.3. The number of ether oxygens (including phenoxy) is 2. The van der Waals surface area contributed by atoms with E-state index in [0.717, 1.165) is 5.56 Å². The third-order valence-electron chi connectivity index (χ3n) is 4.66. The first-order valence-corrected chi connectivity index (χ1v) is 9.42. The van der Waals surface area contributed by atoms with Crippen LogP contribution in [0.4, 0.5) is 11.4 Å². The molecule has 1 fully saturated rings. The van der Waals surface area contributed by atoms with Gasteiger partial charge in [-0.2, -0.15) is 0 Å². The van der Waals surface area contributed by atoms with Gasteiger partial charge in [0.05, 0.1) is 13.0 Å². The molecule has 152 valence electrons. The zero-order valence-electron chi connectivity index (χ0n) is 16.1. The smallest absolute Gasteiger partial charge is 0.311 e. The summed E-state index contributed by atoms with van der Waals surface area (Å²) in [6.07, 6.45) is 0.0416. The SMILES string of the molecule is COc1ccc(N2CC(C(=O)OCC(=O)Nc3cc(Cl)ccc3C)CC2=O)cc1. The molecule has 1 aliphatic heterocycles. The predicted octanol–water partition coefficient (Wildman–Crippen LogP) is 3.19. The summed E-state index contributed by atoms with van der Waals surface area (Å²) in [5.41, 5.74) is 2.08. The van der Waals surface area contributed by atoms with Gasteiger partial charge in [0.25, 0.3) is 5.91 Å². The van der Waals surface area contributed by atoms with E-state index >= 15 is 0 Å². The Balaban J connectivity index is 1.53. The van der Waals surface area contributed by atoms with Crippen LogP contribution in [0.25, 0.3) is 0 Å². The Hall–Kier alpha value is -3.06. The van der Waals surface area contributed by atoms with Gasteiger partial charge in [0.15, 0.2) is 6.61 Å². The van der Waals surface area contributed by atoms with E-state index in [-0.39, 0.29) is 18.9 Å². The fourth-order valence-corrected chi connectivity index (χ4v) is 3.22. The number of halogens is 1. The lowest BCUT2D eigenvalue weighted by Crippen LogP contribution is -2.28. The first-order chi connectivity index (χ1) is 13.9. The number of benzene rings is 2. The molecule has 0 spiro atoms. The van der Waals surface area contributed by atoms with E-state index in [2.05, 4.69) is 5.32 Å². The van der Waals surface area contributed by atoms with Crippen LogP contribution in [-0.2, 0) is 19.1 Å². The molecule has 1 N–H and O–H groups in total. The zero-order chi connectivity index (χ0) is 21.0. The third kappa shape index (κ3) is 5.06. The van der Waals surface area contributed by atoms with E-state index in [1.807, 2.05) is 6.92 Å². The number of rotatable bonds is 6. The molecule has 0 aromatic heterocycles. The molecule has 0 aliphatic carbocycles.